The van der Waals surface area contributed by atoms with Crippen LogP contribution >= 0.6 is 0 Å². The first kappa shape index (κ1) is 7.62. The van der Waals surface area contributed by atoms with Crippen molar-refractivity contribution < 1.29 is 5.11 Å². The van der Waals surface area contributed by atoms with E-state index in [9.17, 15) is 4.91 Å². The van der Waals surface area contributed by atoms with E-state index in [1.54, 1.807) is 0 Å². The van der Waals surface area contributed by atoms with E-state index in [4.69, 9.17) is 5.11 Å². The molecule has 0 aromatic heterocycles. The lowest BCUT2D eigenvalue weighted by Gasteiger charge is -1.78. The van der Waals surface area contributed by atoms with Gasteiger partial charge in [0.2, 0.25) is 0 Å². The minimum atomic E-state index is -0.0504. The van der Waals surface area contributed by atoms with Gasteiger partial charge in [0.1, 0.15) is 5.76 Å². The summed E-state index contributed by atoms with van der Waals surface area (Å²) in [6.45, 7) is 3.18. The van der Waals surface area contributed by atoms with Crippen LogP contribution in [0.1, 0.15) is 0 Å². The minimum absolute atomic E-state index is 0.0504. The number of aliphatic hydroxyl groups is 1. The monoisotopic (exact) mass is 125 g/mol. The molecule has 0 rings (SSSR count). The van der Waals surface area contributed by atoms with Crippen molar-refractivity contribution in [3.63, 3.8) is 0 Å². The molecule has 0 unspecified atom stereocenters. The van der Waals surface area contributed by atoms with E-state index < -0.39 is 0 Å². The molecule has 3 nitrogen and oxygen atoms in total. The van der Waals surface area contributed by atoms with Crippen molar-refractivity contribution in [2.75, 3.05) is 0 Å². The van der Waals surface area contributed by atoms with Gasteiger partial charge in [0.15, 0.2) is 0 Å². The van der Waals surface area contributed by atoms with Crippen LogP contribution in [0.5, 0.6) is 0 Å². The van der Waals surface area contributed by atoms with Crippen molar-refractivity contribution in [2.45, 2.75) is 0 Å². The first-order chi connectivity index (χ1) is 4.27. The molecule has 0 aliphatic rings. The normalized spacial score (nSPS) is 10.7. The first-order valence-corrected chi connectivity index (χ1v) is 2.31. The second-order valence-corrected chi connectivity index (χ2v) is 1.30. The third-order valence-electron chi connectivity index (χ3n) is 0.547. The van der Waals surface area contributed by atoms with Gasteiger partial charge >= 0.3 is 0 Å². The van der Waals surface area contributed by atoms with Crippen LogP contribution in [0.3, 0.4) is 0 Å². The summed E-state index contributed by atoms with van der Waals surface area (Å²) >= 11 is 0. The van der Waals surface area contributed by atoms with Crippen LogP contribution in [0.15, 0.2) is 41.9 Å². The summed E-state index contributed by atoms with van der Waals surface area (Å²) in [4.78, 5) is 9.39. The molecule has 3 heteroatoms. The summed E-state index contributed by atoms with van der Waals surface area (Å²) in [7, 11) is 0. The van der Waals surface area contributed by atoms with Gasteiger partial charge < -0.3 is 5.11 Å². The zero-order valence-electron chi connectivity index (χ0n) is 4.82. The number of hydrogen-bond acceptors (Lipinski definition) is 3. The molecular weight excluding hydrogens is 118 g/mol. The molecule has 0 fully saturated rings. The number of nitrogens with zero attached hydrogens (tertiary/aromatic N) is 1. The molecule has 0 saturated heterocycles. The molecule has 0 heterocycles. The predicted octanol–water partition coefficient (Wildman–Crippen LogP) is 1.89. The predicted molar refractivity (Wildman–Crippen MR) is 35.8 cm³/mol. The van der Waals surface area contributed by atoms with E-state index in [0.717, 1.165) is 6.20 Å². The van der Waals surface area contributed by atoms with Crippen LogP contribution in [-0.2, 0) is 0 Å². The maximum atomic E-state index is 9.39. The maximum absolute atomic E-state index is 9.39. The molecule has 0 amide bonds. The van der Waals surface area contributed by atoms with Crippen LogP contribution in [0, 0.1) is 4.91 Å². The van der Waals surface area contributed by atoms with Crippen LogP contribution in [0.25, 0.3) is 0 Å². The molecule has 0 radical (unpaired) electrons. The lowest BCUT2D eigenvalue weighted by atomic mass is 10.4. The maximum Gasteiger partial charge on any atom is 0.108 e. The van der Waals surface area contributed by atoms with Crippen LogP contribution in [0.2, 0.25) is 0 Å². The molecule has 0 bridgehead atoms. The molecule has 0 aliphatic heterocycles. The standard InChI is InChI=1S/C6H7NO2/c1-6(8)4-2-3-5-7-9/h2-5,8H,1H2/b4-2-,5-3-. The van der Waals surface area contributed by atoms with Gasteiger partial charge in [-0.05, 0) is 17.3 Å². The quantitative estimate of drug-likeness (QED) is 0.355. The Kier molecular flexibility index (Phi) is 4.04. The smallest absolute Gasteiger partial charge is 0.108 e. The molecule has 0 saturated carbocycles. The number of hydrogen-bond donors (Lipinski definition) is 1. The first-order valence-electron chi connectivity index (χ1n) is 2.31. The molecule has 0 aliphatic carbocycles. The van der Waals surface area contributed by atoms with Gasteiger partial charge in [-0.1, -0.05) is 12.7 Å². The average molecular weight is 125 g/mol. The lowest BCUT2D eigenvalue weighted by molar-refractivity contribution is 0.435. The van der Waals surface area contributed by atoms with E-state index in [2.05, 4.69) is 11.8 Å². The van der Waals surface area contributed by atoms with Gasteiger partial charge in [-0.3, -0.25) is 0 Å². The Morgan fingerprint density at radius 2 is 2.22 bits per heavy atom. The Morgan fingerprint density at radius 1 is 1.56 bits per heavy atom. The van der Waals surface area contributed by atoms with E-state index in [0.29, 0.717) is 0 Å². The van der Waals surface area contributed by atoms with Gasteiger partial charge in [0.25, 0.3) is 0 Å². The molecule has 9 heavy (non-hydrogen) atoms. The van der Waals surface area contributed by atoms with Crippen molar-refractivity contribution in [3.05, 3.63) is 41.7 Å². The molecule has 0 aromatic carbocycles. The van der Waals surface area contributed by atoms with Crippen molar-refractivity contribution in [1.82, 2.24) is 0 Å². The summed E-state index contributed by atoms with van der Waals surface area (Å²) in [5, 5.41) is 10.9. The number of allylic oxidation sites excluding steroid dienone is 3. The third-order valence-corrected chi connectivity index (χ3v) is 0.547. The molecule has 1 N–H and O–H groups in total. The number of nitroso groups, excluding NO2 is 1. The van der Waals surface area contributed by atoms with Crippen LogP contribution in [0.4, 0.5) is 0 Å². The van der Waals surface area contributed by atoms with Crippen molar-refractivity contribution in [1.29, 1.82) is 0 Å². The van der Waals surface area contributed by atoms with Gasteiger partial charge in [-0.2, -0.15) is 0 Å². The molecule has 48 valence electrons. The van der Waals surface area contributed by atoms with E-state index in [1.807, 2.05) is 0 Å². The summed E-state index contributed by atoms with van der Waals surface area (Å²) in [5.74, 6) is -0.0504. The highest BCUT2D eigenvalue weighted by Crippen LogP contribution is 1.85. The largest absolute Gasteiger partial charge is 0.509 e. The lowest BCUT2D eigenvalue weighted by Crippen LogP contribution is -1.63. The van der Waals surface area contributed by atoms with E-state index >= 15 is 0 Å². The second kappa shape index (κ2) is 4.77. The fourth-order valence-corrected chi connectivity index (χ4v) is 0.251. The van der Waals surface area contributed by atoms with Gasteiger partial charge in [-0.15, -0.1) is 4.91 Å². The molecule has 0 atom stereocenters. The van der Waals surface area contributed by atoms with Crippen molar-refractivity contribution >= 4 is 0 Å². The molecular formula is C6H7NO2. The summed E-state index contributed by atoms with van der Waals surface area (Å²) in [5.41, 5.74) is 0. The fraction of sp³-hybridized carbons (Fsp3) is 0. The molecule has 0 aromatic rings. The Labute approximate surface area is 53.0 Å². The highest BCUT2D eigenvalue weighted by atomic mass is 16.3. The highest BCUT2D eigenvalue weighted by Gasteiger charge is 1.70. The summed E-state index contributed by atoms with van der Waals surface area (Å²) in [6.07, 6.45) is 5.28. The van der Waals surface area contributed by atoms with Crippen molar-refractivity contribution in [3.8, 4) is 0 Å². The zero-order valence-corrected chi connectivity index (χ0v) is 4.82. The Bertz CT molecular complexity index is 158. The van der Waals surface area contributed by atoms with E-state index in [-0.39, 0.29) is 5.76 Å². The van der Waals surface area contributed by atoms with Gasteiger partial charge in [0.05, 0.1) is 6.20 Å². The summed E-state index contributed by atoms with van der Waals surface area (Å²) < 4.78 is 0. The Balaban J connectivity index is 3.59. The Morgan fingerprint density at radius 3 is 2.67 bits per heavy atom. The average Bonchev–Trinajstić information content (AvgIpc) is 1.80. The molecule has 0 spiro atoms. The summed E-state index contributed by atoms with van der Waals surface area (Å²) in [6, 6.07) is 0. The van der Waals surface area contributed by atoms with Gasteiger partial charge in [0, 0.05) is 0 Å². The topological polar surface area (TPSA) is 49.7 Å². The van der Waals surface area contributed by atoms with Gasteiger partial charge in [-0.25, -0.2) is 0 Å². The number of rotatable bonds is 3. The second-order valence-electron chi connectivity index (χ2n) is 1.30. The third kappa shape index (κ3) is 6.62. The zero-order chi connectivity index (χ0) is 7.11. The fourth-order valence-electron chi connectivity index (χ4n) is 0.251. The van der Waals surface area contributed by atoms with Crippen molar-refractivity contribution in [2.24, 2.45) is 5.18 Å². The van der Waals surface area contributed by atoms with Crippen LogP contribution in [-0.4, -0.2) is 5.11 Å². The van der Waals surface area contributed by atoms with E-state index in [1.165, 1.54) is 18.2 Å². The SMILES string of the molecule is C=C(O)/C=C\C=C/N=O. The highest BCUT2D eigenvalue weighted by molar-refractivity contribution is 5.12. The minimum Gasteiger partial charge on any atom is -0.509 e. The Hall–Kier alpha value is -1.38. The number of aliphatic hydroxyl groups excluding tert-OH is 1. The van der Waals surface area contributed by atoms with Crippen LogP contribution < -0.4 is 0 Å².